The summed E-state index contributed by atoms with van der Waals surface area (Å²) in [7, 11) is -3.41. The molecule has 0 saturated carbocycles. The van der Waals surface area contributed by atoms with Gasteiger partial charge in [0.2, 0.25) is 10.0 Å². The van der Waals surface area contributed by atoms with Crippen molar-refractivity contribution in [3.05, 3.63) is 18.3 Å². The fourth-order valence-electron chi connectivity index (χ4n) is 2.85. The maximum absolute atomic E-state index is 12.5. The van der Waals surface area contributed by atoms with Crippen molar-refractivity contribution in [1.29, 1.82) is 0 Å². The largest absolute Gasteiger partial charge is 0.367 e. The second kappa shape index (κ2) is 6.93. The Morgan fingerprint density at radius 3 is 2.27 bits per heavy atom. The van der Waals surface area contributed by atoms with Crippen LogP contribution in [0.15, 0.2) is 23.2 Å². The van der Waals surface area contributed by atoms with Gasteiger partial charge in [-0.2, -0.15) is 4.31 Å². The van der Waals surface area contributed by atoms with E-state index in [4.69, 9.17) is 4.74 Å². The SMILES string of the molecule is CCN(CC)S(=O)(=O)c1ccc(N2C[C@@H](C)O[C@@H](C)C2)[nH+]c1. The fourth-order valence-corrected chi connectivity index (χ4v) is 4.27. The molecule has 1 aromatic heterocycles. The van der Waals surface area contributed by atoms with E-state index in [0.717, 1.165) is 18.9 Å². The van der Waals surface area contributed by atoms with Gasteiger partial charge in [-0.05, 0) is 19.9 Å². The minimum absolute atomic E-state index is 0.163. The monoisotopic (exact) mass is 328 g/mol. The molecule has 0 radical (unpaired) electrons. The summed E-state index contributed by atoms with van der Waals surface area (Å²) in [5, 5.41) is 0. The van der Waals surface area contributed by atoms with E-state index in [2.05, 4.69) is 9.88 Å². The Bertz CT molecular complexity index is 575. The van der Waals surface area contributed by atoms with Gasteiger partial charge in [-0.15, -0.1) is 0 Å². The molecule has 1 aromatic rings. The van der Waals surface area contributed by atoms with E-state index in [0.29, 0.717) is 18.0 Å². The van der Waals surface area contributed by atoms with Crippen molar-refractivity contribution >= 4 is 15.8 Å². The summed E-state index contributed by atoms with van der Waals surface area (Å²) in [5.41, 5.74) is 0. The molecule has 124 valence electrons. The summed E-state index contributed by atoms with van der Waals surface area (Å²) in [6.45, 7) is 10.3. The third-order valence-corrected chi connectivity index (χ3v) is 5.92. The lowest BCUT2D eigenvalue weighted by Gasteiger charge is -2.30. The second-order valence-electron chi connectivity index (χ2n) is 5.66. The number of H-pyrrole nitrogens is 1. The molecule has 1 fully saturated rings. The van der Waals surface area contributed by atoms with Crippen LogP contribution in [0.4, 0.5) is 5.82 Å². The molecular formula is C15H26N3O3S+. The zero-order valence-electron chi connectivity index (χ0n) is 13.7. The fraction of sp³-hybridized carbons (Fsp3) is 0.667. The van der Waals surface area contributed by atoms with Crippen molar-refractivity contribution in [3.8, 4) is 0 Å². The summed E-state index contributed by atoms with van der Waals surface area (Å²) in [6, 6.07) is 3.51. The maximum atomic E-state index is 12.5. The molecule has 2 rings (SSSR count). The molecule has 0 bridgehead atoms. The average Bonchev–Trinajstić information content (AvgIpc) is 2.47. The highest BCUT2D eigenvalue weighted by molar-refractivity contribution is 7.89. The second-order valence-corrected chi connectivity index (χ2v) is 7.60. The molecule has 7 heteroatoms. The maximum Gasteiger partial charge on any atom is 0.274 e. The molecule has 1 aliphatic heterocycles. The smallest absolute Gasteiger partial charge is 0.274 e. The van der Waals surface area contributed by atoms with Crippen molar-refractivity contribution in [2.24, 2.45) is 0 Å². The van der Waals surface area contributed by atoms with E-state index in [1.165, 1.54) is 4.31 Å². The highest BCUT2D eigenvalue weighted by atomic mass is 32.2. The van der Waals surface area contributed by atoms with E-state index < -0.39 is 10.0 Å². The summed E-state index contributed by atoms with van der Waals surface area (Å²) in [5.74, 6) is 0.917. The zero-order chi connectivity index (χ0) is 16.3. The van der Waals surface area contributed by atoms with Crippen LogP contribution in [0.5, 0.6) is 0 Å². The first-order valence-corrected chi connectivity index (χ1v) is 9.24. The number of ether oxygens (including phenoxy) is 1. The Morgan fingerprint density at radius 2 is 1.82 bits per heavy atom. The first kappa shape index (κ1) is 17.2. The zero-order valence-corrected chi connectivity index (χ0v) is 14.6. The third kappa shape index (κ3) is 3.59. The molecule has 0 unspecified atom stereocenters. The number of aromatic nitrogens is 1. The van der Waals surface area contributed by atoms with Crippen LogP contribution in [0.25, 0.3) is 0 Å². The Kier molecular flexibility index (Phi) is 5.41. The van der Waals surface area contributed by atoms with Gasteiger partial charge in [-0.25, -0.2) is 13.4 Å². The molecular weight excluding hydrogens is 302 g/mol. The molecule has 2 heterocycles. The van der Waals surface area contributed by atoms with Crippen molar-refractivity contribution in [1.82, 2.24) is 4.31 Å². The third-order valence-electron chi connectivity index (χ3n) is 3.87. The van der Waals surface area contributed by atoms with Crippen molar-refractivity contribution in [2.75, 3.05) is 31.1 Å². The van der Waals surface area contributed by atoms with E-state index in [1.54, 1.807) is 12.3 Å². The topological polar surface area (TPSA) is 64.0 Å². The molecule has 22 heavy (non-hydrogen) atoms. The van der Waals surface area contributed by atoms with E-state index in [9.17, 15) is 8.42 Å². The number of aromatic amines is 1. The van der Waals surface area contributed by atoms with Crippen LogP contribution in [0.3, 0.4) is 0 Å². The molecule has 1 saturated heterocycles. The molecule has 2 atom stereocenters. The summed E-state index contributed by atoms with van der Waals surface area (Å²) >= 11 is 0. The molecule has 0 spiro atoms. The summed E-state index contributed by atoms with van der Waals surface area (Å²) in [6.07, 6.45) is 1.90. The minimum Gasteiger partial charge on any atom is -0.367 e. The van der Waals surface area contributed by atoms with Gasteiger partial charge < -0.3 is 4.74 Å². The summed E-state index contributed by atoms with van der Waals surface area (Å²) < 4.78 is 32.1. The predicted molar refractivity (Wildman–Crippen MR) is 85.3 cm³/mol. The number of hydrogen-bond donors (Lipinski definition) is 0. The van der Waals surface area contributed by atoms with Gasteiger partial charge >= 0.3 is 0 Å². The van der Waals surface area contributed by atoms with Crippen LogP contribution in [0.2, 0.25) is 0 Å². The lowest BCUT2D eigenvalue weighted by atomic mass is 10.2. The van der Waals surface area contributed by atoms with E-state index in [-0.39, 0.29) is 12.2 Å². The Morgan fingerprint density at radius 1 is 1.23 bits per heavy atom. The van der Waals surface area contributed by atoms with Gasteiger partial charge in [-0.1, -0.05) is 13.8 Å². The van der Waals surface area contributed by atoms with Gasteiger partial charge in [0.25, 0.3) is 5.82 Å². The first-order valence-electron chi connectivity index (χ1n) is 7.80. The van der Waals surface area contributed by atoms with Gasteiger partial charge in [0.05, 0.1) is 12.2 Å². The van der Waals surface area contributed by atoms with Crippen LogP contribution in [-0.2, 0) is 14.8 Å². The highest BCUT2D eigenvalue weighted by Gasteiger charge is 2.29. The first-order chi connectivity index (χ1) is 10.4. The molecule has 6 nitrogen and oxygen atoms in total. The standard InChI is InChI=1S/C15H25N3O3S/c1-5-18(6-2)22(19,20)14-7-8-15(16-9-14)17-10-12(3)21-13(4)11-17/h7-9,12-13H,5-6,10-11H2,1-4H3/p+1/t12-,13+. The number of nitrogens with one attached hydrogen (secondary N) is 1. The van der Waals surface area contributed by atoms with Crippen LogP contribution in [0, 0.1) is 0 Å². The lowest BCUT2D eigenvalue weighted by Crippen LogP contribution is -2.47. The average molecular weight is 328 g/mol. The number of rotatable bonds is 5. The summed E-state index contributed by atoms with van der Waals surface area (Å²) in [4.78, 5) is 5.61. The predicted octanol–water partition coefficient (Wildman–Crippen LogP) is 1.14. The Labute approximate surface area is 133 Å². The van der Waals surface area contributed by atoms with Gasteiger partial charge in [-0.3, -0.25) is 4.90 Å². The molecule has 0 amide bonds. The van der Waals surface area contributed by atoms with Crippen molar-refractivity contribution in [3.63, 3.8) is 0 Å². The van der Waals surface area contributed by atoms with Crippen molar-refractivity contribution in [2.45, 2.75) is 44.8 Å². The number of hydrogen-bond acceptors (Lipinski definition) is 4. The van der Waals surface area contributed by atoms with Gasteiger partial charge in [0.1, 0.15) is 24.2 Å². The molecule has 1 N–H and O–H groups in total. The molecule has 0 aliphatic carbocycles. The number of anilines is 1. The number of nitrogens with zero attached hydrogens (tertiary/aromatic N) is 2. The number of sulfonamides is 1. The molecule has 1 aliphatic rings. The quantitative estimate of drug-likeness (QED) is 0.813. The van der Waals surface area contributed by atoms with Crippen LogP contribution < -0.4 is 9.88 Å². The van der Waals surface area contributed by atoms with E-state index in [1.807, 2.05) is 33.8 Å². The normalized spacial score (nSPS) is 23.0. The van der Waals surface area contributed by atoms with Crippen LogP contribution in [-0.4, -0.2) is 51.1 Å². The van der Waals surface area contributed by atoms with E-state index >= 15 is 0 Å². The highest BCUT2D eigenvalue weighted by Crippen LogP contribution is 2.19. The van der Waals surface area contributed by atoms with Gasteiger partial charge in [0, 0.05) is 19.2 Å². The molecule has 0 aromatic carbocycles. The van der Waals surface area contributed by atoms with Crippen LogP contribution in [0.1, 0.15) is 27.7 Å². The Hall–Kier alpha value is -1.18. The van der Waals surface area contributed by atoms with Crippen molar-refractivity contribution < 1.29 is 18.1 Å². The number of pyridine rings is 1. The number of morpholine rings is 1. The van der Waals surface area contributed by atoms with Gasteiger partial charge in [0.15, 0.2) is 0 Å². The Balaban J connectivity index is 2.20. The lowest BCUT2D eigenvalue weighted by molar-refractivity contribution is -0.368. The minimum atomic E-state index is -3.41. The van der Waals surface area contributed by atoms with Crippen LogP contribution >= 0.6 is 0 Å².